The molecule has 0 radical (unpaired) electrons. The quantitative estimate of drug-likeness (QED) is 0.146. The van der Waals surface area contributed by atoms with Crippen LogP contribution in [-0.4, -0.2) is 69.7 Å². The molecule has 48 heavy (non-hydrogen) atoms. The van der Waals surface area contributed by atoms with Crippen molar-refractivity contribution in [3.63, 3.8) is 0 Å². The maximum atomic E-state index is 13.8. The zero-order chi connectivity index (χ0) is 35.8. The van der Waals surface area contributed by atoms with Gasteiger partial charge in [-0.05, 0) is 88.7 Å². The minimum absolute atomic E-state index is 0.0247. The van der Waals surface area contributed by atoms with Crippen molar-refractivity contribution in [2.45, 2.75) is 112 Å². The number of esters is 1. The molecule has 0 saturated carbocycles. The van der Waals surface area contributed by atoms with Crippen LogP contribution >= 0.6 is 0 Å². The molecule has 3 N–H and O–H groups in total. The van der Waals surface area contributed by atoms with E-state index in [1.807, 2.05) is 34.6 Å². The highest BCUT2D eigenvalue weighted by molar-refractivity contribution is 6.00. The number of carbonyl (C=O) groups excluding carboxylic acids is 3. The second-order valence-corrected chi connectivity index (χ2v) is 14.0. The molecular formula is C37H54N4O7. The number of fused-ring (bicyclic) bond motifs is 5. The number of aliphatic hydroxyl groups is 1. The third kappa shape index (κ3) is 9.50. The van der Waals surface area contributed by atoms with Crippen LogP contribution in [0.15, 0.2) is 28.3 Å². The summed E-state index contributed by atoms with van der Waals surface area (Å²) >= 11 is 0. The van der Waals surface area contributed by atoms with Crippen LogP contribution in [-0.2, 0) is 28.7 Å². The van der Waals surface area contributed by atoms with Gasteiger partial charge in [0, 0.05) is 24.5 Å². The van der Waals surface area contributed by atoms with Crippen LogP contribution in [0.5, 0.6) is 0 Å². The van der Waals surface area contributed by atoms with Crippen LogP contribution in [0, 0.1) is 47.3 Å². The van der Waals surface area contributed by atoms with Crippen molar-refractivity contribution in [2.75, 3.05) is 18.9 Å². The van der Waals surface area contributed by atoms with Gasteiger partial charge in [-0.2, -0.15) is 0 Å². The number of pyridine rings is 1. The monoisotopic (exact) mass is 666 g/mol. The Bertz CT molecular complexity index is 1440. The standard InChI is InChI=1S/C37H54N4O7/c1-10-31-37(9,45)30-17-11-15-29(41-47-19-13-16-28-14-12-18-32(38)40-28)21-46-36(8,20-22(2)33(24(30)4)39-27(7)42)26(6)23(3)34(43)25(5)35(44)48-31/h12,14,18,22-26,30-31,45H,10-11,15,17,19-21H2,1-9H3,(H2,38,40)/b39-33?,41-29+/t22-,23-,24-,25-,26-,30-,31-,36-,37+/m1/s1. The van der Waals surface area contributed by atoms with E-state index in [1.54, 1.807) is 39.0 Å². The molecule has 11 nitrogen and oxygen atoms in total. The van der Waals surface area contributed by atoms with E-state index in [2.05, 4.69) is 27.0 Å². The Balaban J connectivity index is 2.11. The van der Waals surface area contributed by atoms with Gasteiger partial charge in [-0.25, -0.2) is 9.98 Å². The Labute approximate surface area is 285 Å². The molecule has 11 heteroatoms. The number of Topliss-reactive ketones (excluding diaryl/α,β-unsaturated/α-hetero) is 1. The summed E-state index contributed by atoms with van der Waals surface area (Å²) in [4.78, 5) is 54.0. The Kier molecular flexibility index (Phi) is 13.5. The van der Waals surface area contributed by atoms with Crippen LogP contribution in [0.4, 0.5) is 5.82 Å². The van der Waals surface area contributed by atoms with Crippen molar-refractivity contribution < 1.29 is 33.8 Å². The van der Waals surface area contributed by atoms with E-state index in [0.29, 0.717) is 55.0 Å². The Morgan fingerprint density at radius 2 is 1.88 bits per heavy atom. The summed E-state index contributed by atoms with van der Waals surface area (Å²) in [6.45, 7) is 16.4. The molecule has 0 aromatic carbocycles. The molecule has 1 aromatic rings. The number of rotatable bonds is 3. The van der Waals surface area contributed by atoms with Gasteiger partial charge in [0.15, 0.2) is 6.61 Å². The number of aliphatic imine (C=N–C) groups is 1. The highest BCUT2D eigenvalue weighted by Crippen LogP contribution is 2.42. The first-order valence-corrected chi connectivity index (χ1v) is 17.1. The summed E-state index contributed by atoms with van der Waals surface area (Å²) in [7, 11) is 0. The predicted molar refractivity (Wildman–Crippen MR) is 185 cm³/mol. The number of hydrogen-bond acceptors (Lipinski definition) is 10. The van der Waals surface area contributed by atoms with Gasteiger partial charge in [0.2, 0.25) is 5.91 Å². The first-order valence-electron chi connectivity index (χ1n) is 17.1. The number of oxime groups is 1. The summed E-state index contributed by atoms with van der Waals surface area (Å²) < 4.78 is 12.6. The summed E-state index contributed by atoms with van der Waals surface area (Å²) in [5.41, 5.74) is 5.19. The lowest BCUT2D eigenvalue weighted by molar-refractivity contribution is -0.179. The average molecular weight is 667 g/mol. The van der Waals surface area contributed by atoms with Crippen molar-refractivity contribution in [2.24, 2.45) is 45.7 Å². The fraction of sp³-hybridized carbons (Fsp3) is 0.676. The number of nitrogens with two attached hydrogens (primary N) is 1. The lowest BCUT2D eigenvalue weighted by atomic mass is 9.67. The third-order valence-electron chi connectivity index (χ3n) is 10.4. The van der Waals surface area contributed by atoms with E-state index in [1.165, 1.54) is 6.92 Å². The summed E-state index contributed by atoms with van der Waals surface area (Å²) in [6.07, 6.45) is 1.47. The fourth-order valence-corrected chi connectivity index (χ4v) is 7.29. The van der Waals surface area contributed by atoms with Crippen molar-refractivity contribution in [3.8, 4) is 11.8 Å². The highest BCUT2D eigenvalue weighted by atomic mass is 16.6. The molecule has 0 aliphatic carbocycles. The largest absolute Gasteiger partial charge is 0.459 e. The predicted octanol–water partition coefficient (Wildman–Crippen LogP) is 5.18. The number of hydrogen-bond donors (Lipinski definition) is 2. The molecule has 2 fully saturated rings. The normalized spacial score (nSPS) is 35.7. The molecule has 0 spiro atoms. The second kappa shape index (κ2) is 16.7. The number of anilines is 1. The van der Waals surface area contributed by atoms with Gasteiger partial charge in [-0.1, -0.05) is 51.8 Å². The zero-order valence-corrected chi connectivity index (χ0v) is 30.0. The molecule has 2 aliphatic heterocycles. The Hall–Kier alpha value is -3.62. The van der Waals surface area contributed by atoms with Gasteiger partial charge >= 0.3 is 5.97 Å². The van der Waals surface area contributed by atoms with Crippen LogP contribution in [0.25, 0.3) is 0 Å². The van der Waals surface area contributed by atoms with Gasteiger partial charge in [0.05, 0.1) is 17.9 Å². The number of ether oxygens (including phenoxy) is 2. The number of amides is 1. The SMILES string of the molecule is CC[C@H]1OC(=O)[C@H](C)C(=O)[C@H](C)[C@@H](C)[C@@]2(C)C[C@@H](C)C(=NC(C)=O)[C@H](C)[C@@H](CCC/C(=N\OCC#Cc3cccc(N)n3)CO2)[C@]1(C)O. The number of cyclic esters (lactones) is 1. The molecule has 0 unspecified atom stereocenters. The summed E-state index contributed by atoms with van der Waals surface area (Å²) in [5.74, 6) is 1.96. The molecule has 2 bridgehead atoms. The number of ketones is 1. The first kappa shape index (κ1) is 38.8. The van der Waals surface area contributed by atoms with Gasteiger partial charge in [0.25, 0.3) is 0 Å². The molecule has 3 heterocycles. The van der Waals surface area contributed by atoms with Crippen molar-refractivity contribution >= 4 is 34.9 Å². The van der Waals surface area contributed by atoms with E-state index in [9.17, 15) is 19.5 Å². The molecule has 1 aromatic heterocycles. The first-order chi connectivity index (χ1) is 22.5. The zero-order valence-electron chi connectivity index (χ0n) is 30.0. The number of nitrogens with zero attached hydrogens (tertiary/aromatic N) is 3. The van der Waals surface area contributed by atoms with Gasteiger partial charge < -0.3 is 25.2 Å². The molecule has 2 saturated heterocycles. The number of carbonyl (C=O) groups is 3. The van der Waals surface area contributed by atoms with Crippen molar-refractivity contribution in [1.29, 1.82) is 0 Å². The molecule has 264 valence electrons. The molecule has 9 atom stereocenters. The van der Waals surface area contributed by atoms with Crippen LogP contribution in [0.2, 0.25) is 0 Å². The van der Waals surface area contributed by atoms with Gasteiger partial charge in [-0.3, -0.25) is 14.4 Å². The third-order valence-corrected chi connectivity index (χ3v) is 10.4. The van der Waals surface area contributed by atoms with E-state index >= 15 is 0 Å². The molecule has 3 rings (SSSR count). The van der Waals surface area contributed by atoms with E-state index in [0.717, 1.165) is 0 Å². The van der Waals surface area contributed by atoms with Crippen LogP contribution < -0.4 is 5.73 Å². The smallest absolute Gasteiger partial charge is 0.316 e. The minimum Gasteiger partial charge on any atom is -0.459 e. The minimum atomic E-state index is -1.50. The number of nitrogen functional groups attached to an aromatic ring is 1. The fourth-order valence-electron chi connectivity index (χ4n) is 7.29. The van der Waals surface area contributed by atoms with Gasteiger partial charge in [0.1, 0.15) is 34.9 Å². The molecule has 1 amide bonds. The maximum absolute atomic E-state index is 13.8. The van der Waals surface area contributed by atoms with Gasteiger partial charge in [-0.15, -0.1) is 0 Å². The second-order valence-electron chi connectivity index (χ2n) is 14.0. The lowest BCUT2D eigenvalue weighted by Gasteiger charge is -2.45. The van der Waals surface area contributed by atoms with Crippen LogP contribution in [0.1, 0.15) is 100 Å². The Morgan fingerprint density at radius 3 is 2.52 bits per heavy atom. The summed E-state index contributed by atoms with van der Waals surface area (Å²) in [5, 5.41) is 16.7. The molecule has 2 aliphatic rings. The van der Waals surface area contributed by atoms with Crippen LogP contribution in [0.3, 0.4) is 0 Å². The average Bonchev–Trinajstić information content (AvgIpc) is 3.03. The topological polar surface area (TPSA) is 163 Å². The lowest BCUT2D eigenvalue weighted by Crippen LogP contribution is -2.54. The van der Waals surface area contributed by atoms with Crippen molar-refractivity contribution in [1.82, 2.24) is 4.98 Å². The number of aromatic nitrogens is 1. The van der Waals surface area contributed by atoms with Crippen molar-refractivity contribution in [3.05, 3.63) is 23.9 Å². The Morgan fingerprint density at radius 1 is 1.17 bits per heavy atom. The highest BCUT2D eigenvalue weighted by Gasteiger charge is 2.49. The molecular weight excluding hydrogens is 612 g/mol. The van der Waals surface area contributed by atoms with E-state index in [4.69, 9.17) is 20.0 Å². The summed E-state index contributed by atoms with van der Waals surface area (Å²) in [6, 6.07) is 5.22. The van der Waals surface area contributed by atoms with E-state index < -0.39 is 41.0 Å². The maximum Gasteiger partial charge on any atom is 0.316 e. The van der Waals surface area contributed by atoms with E-state index in [-0.39, 0.29) is 42.7 Å².